The number of benzene rings is 12. The van der Waals surface area contributed by atoms with E-state index >= 15 is 0 Å². The number of para-hydroxylation sites is 6. The zero-order chi connectivity index (χ0) is 55.4. The molecule has 0 aliphatic carbocycles. The van der Waals surface area contributed by atoms with Gasteiger partial charge < -0.3 is 18.3 Å². The molecule has 7 nitrogen and oxygen atoms in total. The molecule has 390 valence electrons. The van der Waals surface area contributed by atoms with Gasteiger partial charge in [-0.05, 0) is 97.1 Å². The molecule has 0 amide bonds. The topological polar surface area (TPSA) is 69.3 Å². The Kier molecular flexibility index (Phi) is 10.5. The van der Waals surface area contributed by atoms with Crippen LogP contribution >= 0.6 is 0 Å². The minimum atomic E-state index is 0.552. The van der Waals surface area contributed by atoms with Gasteiger partial charge >= 0.3 is 0 Å². The maximum atomic E-state index is 11.0. The van der Waals surface area contributed by atoms with Gasteiger partial charge in [0, 0.05) is 82.3 Å². The molecule has 7 heteroatoms. The first kappa shape index (κ1) is 47.2. The molecule has 0 aliphatic rings. The number of hydrogen-bond donors (Lipinski definition) is 0. The second-order valence-electron chi connectivity index (χ2n) is 21.6. The quantitative estimate of drug-likeness (QED) is 0.152. The zero-order valence-corrected chi connectivity index (χ0v) is 45.3. The second kappa shape index (κ2) is 18.7. The number of fused-ring (bicyclic) bond motifs is 14. The van der Waals surface area contributed by atoms with Crippen LogP contribution in [-0.4, -0.2) is 28.2 Å². The molecule has 0 bridgehead atoms. The molecular weight excluding hydrogens is 1020 g/mol. The van der Waals surface area contributed by atoms with Crippen LogP contribution in [0.2, 0.25) is 0 Å². The molecule has 0 atom stereocenters. The minimum absolute atomic E-state index is 0.552. The van der Waals surface area contributed by atoms with Crippen molar-refractivity contribution in [3.8, 4) is 73.8 Å². The number of aromatic nitrogens is 6. The Bertz CT molecular complexity index is 5490. The lowest BCUT2D eigenvalue weighted by Gasteiger charge is -2.20. The smallest absolute Gasteiger partial charge is 0.160 e. The van der Waals surface area contributed by atoms with Gasteiger partial charge in [-0.25, -0.2) is 9.97 Å². The van der Waals surface area contributed by atoms with E-state index in [1.165, 1.54) is 21.5 Å². The lowest BCUT2D eigenvalue weighted by Crippen LogP contribution is -2.03. The molecule has 84 heavy (non-hydrogen) atoms. The average Bonchev–Trinajstić information content (AvgIpc) is 1.90. The Morgan fingerprint density at radius 1 is 0.286 bits per heavy atom. The third kappa shape index (κ3) is 7.11. The third-order valence-corrected chi connectivity index (χ3v) is 17.0. The first-order valence-corrected chi connectivity index (χ1v) is 28.4. The Morgan fingerprint density at radius 2 is 0.714 bits per heavy atom. The highest BCUT2D eigenvalue weighted by Gasteiger charge is 2.27. The van der Waals surface area contributed by atoms with Crippen LogP contribution in [0.25, 0.3) is 155 Å². The van der Waals surface area contributed by atoms with Gasteiger partial charge in [-0.1, -0.05) is 188 Å². The summed E-state index contributed by atoms with van der Waals surface area (Å²) in [6, 6.07) is 104. The summed E-state index contributed by atoms with van der Waals surface area (Å²) in [5.41, 5.74) is 19.7. The summed E-state index contributed by atoms with van der Waals surface area (Å²) < 4.78 is 9.69. The van der Waals surface area contributed by atoms with E-state index < -0.39 is 0 Å². The maximum absolute atomic E-state index is 11.0. The molecule has 0 N–H and O–H groups in total. The molecule has 0 radical (unpaired) electrons. The average molecular weight is 1070 g/mol. The van der Waals surface area contributed by atoms with Crippen molar-refractivity contribution in [1.82, 2.24) is 28.2 Å². The van der Waals surface area contributed by atoms with Gasteiger partial charge in [-0.15, -0.1) is 0 Å². The van der Waals surface area contributed by atoms with Gasteiger partial charge in [-0.2, -0.15) is 5.26 Å². The lowest BCUT2D eigenvalue weighted by molar-refractivity contribution is 1.15. The molecule has 0 unspecified atom stereocenters. The van der Waals surface area contributed by atoms with Crippen molar-refractivity contribution in [2.75, 3.05) is 0 Å². The highest BCUT2D eigenvalue weighted by atomic mass is 15.0. The molecule has 0 aliphatic heterocycles. The molecule has 0 spiro atoms. The van der Waals surface area contributed by atoms with Crippen molar-refractivity contribution in [3.63, 3.8) is 0 Å². The SMILES string of the molecule is N#Cc1ccc(-c2cc(-c3nc(-c4ccccc4)cc(-c4ccccc4)n3)ccc2-n2c3ccccc3c3c2ccc2c4ccccc4n(-c4ccccc4)c23)c(-n2c3ccccc3c3c2ccc2c4ccccc4n(-c4ccccc4)c23)c1. The van der Waals surface area contributed by atoms with Crippen molar-refractivity contribution >= 4 is 87.2 Å². The predicted molar refractivity (Wildman–Crippen MR) is 346 cm³/mol. The monoisotopic (exact) mass is 1070 g/mol. The Labute approximate surface area is 482 Å². The lowest BCUT2D eigenvalue weighted by atomic mass is 9.96. The molecule has 0 fully saturated rings. The number of nitriles is 1. The normalized spacial score (nSPS) is 11.8. The molecule has 0 saturated carbocycles. The first-order valence-electron chi connectivity index (χ1n) is 28.4. The highest BCUT2D eigenvalue weighted by Crippen LogP contribution is 2.48. The third-order valence-electron chi connectivity index (χ3n) is 17.0. The van der Waals surface area contributed by atoms with Crippen molar-refractivity contribution in [3.05, 3.63) is 291 Å². The Balaban J connectivity index is 1.00. The summed E-state index contributed by atoms with van der Waals surface area (Å²) in [6.07, 6.45) is 0. The maximum Gasteiger partial charge on any atom is 0.160 e. The molecule has 17 rings (SSSR count). The van der Waals surface area contributed by atoms with Gasteiger partial charge in [-0.3, -0.25) is 0 Å². The minimum Gasteiger partial charge on any atom is -0.309 e. The highest BCUT2D eigenvalue weighted by molar-refractivity contribution is 6.28. The van der Waals surface area contributed by atoms with E-state index in [0.717, 1.165) is 128 Å². The van der Waals surface area contributed by atoms with Crippen molar-refractivity contribution in [2.24, 2.45) is 0 Å². The van der Waals surface area contributed by atoms with E-state index in [-0.39, 0.29) is 0 Å². The van der Waals surface area contributed by atoms with E-state index in [1.54, 1.807) is 0 Å². The van der Waals surface area contributed by atoms with Gasteiger partial charge in [0.15, 0.2) is 5.82 Å². The van der Waals surface area contributed by atoms with E-state index in [1.807, 2.05) is 18.2 Å². The number of hydrogen-bond acceptors (Lipinski definition) is 3. The van der Waals surface area contributed by atoms with Crippen LogP contribution < -0.4 is 0 Å². The van der Waals surface area contributed by atoms with E-state index in [0.29, 0.717) is 11.4 Å². The summed E-state index contributed by atoms with van der Waals surface area (Å²) in [4.78, 5) is 10.8. The van der Waals surface area contributed by atoms with Crippen LogP contribution in [0.4, 0.5) is 0 Å². The summed E-state index contributed by atoms with van der Waals surface area (Å²) >= 11 is 0. The van der Waals surface area contributed by atoms with Crippen molar-refractivity contribution in [2.45, 2.75) is 0 Å². The molecule has 12 aromatic carbocycles. The van der Waals surface area contributed by atoms with Gasteiger partial charge in [0.1, 0.15) is 0 Å². The summed E-state index contributed by atoms with van der Waals surface area (Å²) in [5, 5.41) is 20.2. The van der Waals surface area contributed by atoms with Crippen LogP contribution in [0.1, 0.15) is 5.56 Å². The Hall–Kier alpha value is -11.6. The van der Waals surface area contributed by atoms with Crippen molar-refractivity contribution < 1.29 is 0 Å². The van der Waals surface area contributed by atoms with Crippen molar-refractivity contribution in [1.29, 1.82) is 5.26 Å². The number of nitrogens with zero attached hydrogens (tertiary/aromatic N) is 7. The van der Waals surface area contributed by atoms with Crippen LogP contribution in [0.15, 0.2) is 285 Å². The second-order valence-corrected chi connectivity index (χ2v) is 21.6. The molecule has 17 aromatic rings. The van der Waals surface area contributed by atoms with E-state index in [2.05, 4.69) is 291 Å². The summed E-state index contributed by atoms with van der Waals surface area (Å²) in [5.74, 6) is 0.600. The summed E-state index contributed by atoms with van der Waals surface area (Å²) in [7, 11) is 0. The fourth-order valence-corrected chi connectivity index (χ4v) is 13.4. The Morgan fingerprint density at radius 3 is 1.20 bits per heavy atom. The largest absolute Gasteiger partial charge is 0.309 e. The van der Waals surface area contributed by atoms with E-state index in [4.69, 9.17) is 9.97 Å². The molecule has 5 aromatic heterocycles. The van der Waals surface area contributed by atoms with Crippen LogP contribution in [0.3, 0.4) is 0 Å². The standard InChI is InChI=1S/C77H47N7/c78-48-49-37-39-57(72(45-49)84-68-36-20-16-32-61(68)74-71(84)44-41-59-56-30-14-18-34-66(56)82(76(59)74)54-27-11-4-12-28-54)62-46-52(77-79-63(50-21-5-1-6-22-50)47-64(80-77)51-23-7-2-8-24-51)38-42-69(62)83-67-35-19-15-31-60(67)73-70(83)43-40-58-55-29-13-17-33-65(55)81(75(58)73)53-25-9-3-10-26-53/h1-47H. The van der Waals surface area contributed by atoms with E-state index in [9.17, 15) is 5.26 Å². The first-order chi connectivity index (χ1) is 41.7. The van der Waals surface area contributed by atoms with Crippen LogP contribution in [-0.2, 0) is 0 Å². The van der Waals surface area contributed by atoms with Crippen LogP contribution in [0, 0.1) is 11.3 Å². The predicted octanol–water partition coefficient (Wildman–Crippen LogP) is 19.4. The van der Waals surface area contributed by atoms with Gasteiger partial charge in [0.2, 0.25) is 0 Å². The fourth-order valence-electron chi connectivity index (χ4n) is 13.4. The molecule has 0 saturated heterocycles. The fraction of sp³-hybridized carbons (Fsp3) is 0. The number of rotatable bonds is 8. The van der Waals surface area contributed by atoms with Gasteiger partial charge in [0.05, 0.1) is 78.5 Å². The van der Waals surface area contributed by atoms with Gasteiger partial charge in [0.25, 0.3) is 0 Å². The molecular formula is C77H47N7. The summed E-state index contributed by atoms with van der Waals surface area (Å²) in [6.45, 7) is 0. The van der Waals surface area contributed by atoms with Crippen LogP contribution in [0.5, 0.6) is 0 Å². The molecule has 5 heterocycles. The zero-order valence-electron chi connectivity index (χ0n) is 45.3.